The Kier molecular flexibility index (Phi) is 7.28. The average Bonchev–Trinajstić information content (AvgIpc) is 3.27. The molecule has 0 saturated heterocycles. The van der Waals surface area contributed by atoms with Crippen molar-refractivity contribution in [2.45, 2.75) is 70.1 Å². The van der Waals surface area contributed by atoms with Gasteiger partial charge in [0.25, 0.3) is 0 Å². The lowest BCUT2D eigenvalue weighted by atomic mass is 9.57. The molecule has 0 spiro atoms. The Hall–Kier alpha value is -6.44. The summed E-state index contributed by atoms with van der Waals surface area (Å²) in [5.41, 5.74) is 21.4. The van der Waals surface area contributed by atoms with E-state index in [-0.39, 0.29) is 22.2 Å². The standard InChI is InChI=1S/C59H49N/c1-57(2)48-22-13-23-49-54(48)60-55-50(57)32-46(42-20-11-18-40(30-42)44-26-24-36-14-7-9-16-38(36)28-44)34-52(55)59(5,6)53-35-47(33-51(56(53)60)58(49,3)4)43-21-12-19-41(31-43)45-27-25-37-15-8-10-17-39(37)29-45/h7-32,34-35,47H,33H2,1-6H3. The SMILES string of the molecule is CC1(C)C2=CC(c3cccc(-c4ccc5ccccc5c4)c3)CC3=C2N2c4c1cc(-c1cccc(-c5ccc6ccccc6c5)c1)cc4C(C)(C)c1cccc(c12)C3(C)C. The third-order valence-electron chi connectivity index (χ3n) is 14.9. The largest absolute Gasteiger partial charge is 0.309 e. The number of anilines is 2. The first-order valence-electron chi connectivity index (χ1n) is 21.8. The highest BCUT2D eigenvalue weighted by Gasteiger charge is 2.54. The summed E-state index contributed by atoms with van der Waals surface area (Å²) in [5.74, 6) is 0.256. The van der Waals surface area contributed by atoms with E-state index in [2.05, 4.69) is 216 Å². The Morgan fingerprint density at radius 3 is 1.55 bits per heavy atom. The van der Waals surface area contributed by atoms with Crippen molar-refractivity contribution >= 4 is 32.9 Å². The van der Waals surface area contributed by atoms with Crippen molar-refractivity contribution in [1.29, 1.82) is 0 Å². The summed E-state index contributed by atoms with van der Waals surface area (Å²) in [6.07, 6.45) is 3.66. The molecule has 290 valence electrons. The first-order chi connectivity index (χ1) is 29.0. The highest BCUT2D eigenvalue weighted by atomic mass is 15.2. The van der Waals surface area contributed by atoms with E-state index in [4.69, 9.17) is 0 Å². The zero-order chi connectivity index (χ0) is 40.7. The lowest BCUT2D eigenvalue weighted by molar-refractivity contribution is 0.505. The number of hydrogen-bond acceptors (Lipinski definition) is 1. The Balaban J connectivity index is 1.05. The summed E-state index contributed by atoms with van der Waals surface area (Å²) in [4.78, 5) is 2.73. The second kappa shape index (κ2) is 12.3. The van der Waals surface area contributed by atoms with Crippen LogP contribution in [-0.4, -0.2) is 0 Å². The van der Waals surface area contributed by atoms with Gasteiger partial charge in [-0.25, -0.2) is 0 Å². The number of nitrogens with zero attached hydrogens (tertiary/aromatic N) is 1. The summed E-state index contributed by atoms with van der Waals surface area (Å²) < 4.78 is 0. The van der Waals surface area contributed by atoms with E-state index in [1.807, 2.05) is 0 Å². The predicted molar refractivity (Wildman–Crippen MR) is 253 cm³/mol. The minimum absolute atomic E-state index is 0.130. The van der Waals surface area contributed by atoms with Gasteiger partial charge < -0.3 is 4.90 Å². The van der Waals surface area contributed by atoms with Crippen LogP contribution in [0.2, 0.25) is 0 Å². The van der Waals surface area contributed by atoms with Gasteiger partial charge in [0.2, 0.25) is 0 Å². The van der Waals surface area contributed by atoms with Gasteiger partial charge in [-0.15, -0.1) is 0 Å². The molecule has 1 atom stereocenters. The molecular weight excluding hydrogens is 723 g/mol. The minimum atomic E-state index is -0.238. The van der Waals surface area contributed by atoms with Crippen LogP contribution in [0.25, 0.3) is 54.9 Å². The van der Waals surface area contributed by atoms with E-state index >= 15 is 0 Å². The van der Waals surface area contributed by atoms with Crippen molar-refractivity contribution in [3.05, 3.63) is 215 Å². The third-order valence-corrected chi connectivity index (χ3v) is 14.9. The van der Waals surface area contributed by atoms with Gasteiger partial charge in [0.15, 0.2) is 0 Å². The van der Waals surface area contributed by atoms with E-state index < -0.39 is 0 Å². The quantitative estimate of drug-likeness (QED) is 0.172. The van der Waals surface area contributed by atoms with Crippen molar-refractivity contribution in [3.8, 4) is 33.4 Å². The highest BCUT2D eigenvalue weighted by Crippen LogP contribution is 2.67. The molecule has 60 heavy (non-hydrogen) atoms. The van der Waals surface area contributed by atoms with E-state index in [1.165, 1.54) is 105 Å². The second-order valence-corrected chi connectivity index (χ2v) is 19.4. The predicted octanol–water partition coefficient (Wildman–Crippen LogP) is 15.7. The maximum atomic E-state index is 2.73. The van der Waals surface area contributed by atoms with Crippen molar-refractivity contribution in [3.63, 3.8) is 0 Å². The van der Waals surface area contributed by atoms with Crippen LogP contribution in [-0.2, 0) is 16.2 Å². The Morgan fingerprint density at radius 2 is 0.900 bits per heavy atom. The molecule has 0 N–H and O–H groups in total. The number of fused-ring (bicyclic) bond motifs is 2. The lowest BCUT2D eigenvalue weighted by Crippen LogP contribution is -2.48. The monoisotopic (exact) mass is 771 g/mol. The molecule has 0 bridgehead atoms. The normalized spacial score (nSPS) is 18.7. The maximum absolute atomic E-state index is 2.73. The van der Waals surface area contributed by atoms with Gasteiger partial charge in [-0.3, -0.25) is 0 Å². The molecule has 0 radical (unpaired) electrons. The second-order valence-electron chi connectivity index (χ2n) is 19.4. The van der Waals surface area contributed by atoms with Crippen LogP contribution in [0.15, 0.2) is 187 Å². The van der Waals surface area contributed by atoms with Crippen molar-refractivity contribution in [2.24, 2.45) is 0 Å². The van der Waals surface area contributed by atoms with Gasteiger partial charge in [0.05, 0.1) is 17.1 Å². The molecule has 0 saturated carbocycles. The average molecular weight is 772 g/mol. The van der Waals surface area contributed by atoms with Gasteiger partial charge in [0, 0.05) is 22.2 Å². The van der Waals surface area contributed by atoms with E-state index in [0.717, 1.165) is 6.42 Å². The third kappa shape index (κ3) is 4.93. The molecule has 1 unspecified atom stereocenters. The molecule has 8 aromatic carbocycles. The smallest absolute Gasteiger partial charge is 0.0544 e. The summed E-state index contributed by atoms with van der Waals surface area (Å²) in [6.45, 7) is 14.9. The molecule has 3 heterocycles. The fraction of sp³-hybridized carbons (Fsp3) is 0.186. The van der Waals surface area contributed by atoms with E-state index in [0.29, 0.717) is 0 Å². The Morgan fingerprint density at radius 1 is 0.400 bits per heavy atom. The van der Waals surface area contributed by atoms with Crippen molar-refractivity contribution in [2.75, 3.05) is 4.90 Å². The highest BCUT2D eigenvalue weighted by molar-refractivity contribution is 5.95. The van der Waals surface area contributed by atoms with Crippen molar-refractivity contribution < 1.29 is 0 Å². The van der Waals surface area contributed by atoms with Crippen LogP contribution < -0.4 is 4.90 Å². The van der Waals surface area contributed by atoms with Crippen LogP contribution >= 0.6 is 0 Å². The van der Waals surface area contributed by atoms with Gasteiger partial charge >= 0.3 is 0 Å². The topological polar surface area (TPSA) is 3.24 Å². The number of para-hydroxylation sites is 1. The first-order valence-corrected chi connectivity index (χ1v) is 21.8. The number of hydrogen-bond donors (Lipinski definition) is 0. The molecule has 0 aromatic heterocycles. The molecule has 12 rings (SSSR count). The summed E-state index contributed by atoms with van der Waals surface area (Å²) >= 11 is 0. The summed E-state index contributed by atoms with van der Waals surface area (Å²) in [7, 11) is 0. The number of allylic oxidation sites excluding steroid dienone is 3. The first kappa shape index (κ1) is 35.5. The molecule has 0 amide bonds. The summed E-state index contributed by atoms with van der Waals surface area (Å²) in [6, 6.07) is 61.9. The molecule has 4 aliphatic rings. The molecule has 1 nitrogen and oxygen atoms in total. The number of rotatable bonds is 4. The zero-order valence-corrected chi connectivity index (χ0v) is 35.4. The molecule has 3 aliphatic heterocycles. The zero-order valence-electron chi connectivity index (χ0n) is 35.4. The van der Waals surface area contributed by atoms with Crippen LogP contribution in [0.5, 0.6) is 0 Å². The number of benzene rings is 8. The Bertz CT molecular complexity index is 3220. The van der Waals surface area contributed by atoms with Gasteiger partial charge in [-0.05, 0) is 131 Å². The molecular formula is C59H49N. The minimum Gasteiger partial charge on any atom is -0.309 e. The maximum Gasteiger partial charge on any atom is 0.0544 e. The van der Waals surface area contributed by atoms with E-state index in [1.54, 1.807) is 5.57 Å². The van der Waals surface area contributed by atoms with Gasteiger partial charge in [-0.2, -0.15) is 0 Å². The van der Waals surface area contributed by atoms with Crippen LogP contribution in [0.3, 0.4) is 0 Å². The van der Waals surface area contributed by atoms with Crippen LogP contribution in [0, 0.1) is 0 Å². The fourth-order valence-electron chi connectivity index (χ4n) is 11.5. The van der Waals surface area contributed by atoms with Crippen molar-refractivity contribution in [1.82, 2.24) is 0 Å². The molecule has 1 heteroatoms. The lowest BCUT2D eigenvalue weighted by Gasteiger charge is -2.57. The molecule has 8 aromatic rings. The van der Waals surface area contributed by atoms with E-state index in [9.17, 15) is 0 Å². The Labute approximate surface area is 354 Å². The van der Waals surface area contributed by atoms with Crippen LogP contribution in [0.1, 0.15) is 81.7 Å². The fourth-order valence-corrected chi connectivity index (χ4v) is 11.5. The molecule has 1 aliphatic carbocycles. The molecule has 0 fully saturated rings. The summed E-state index contributed by atoms with van der Waals surface area (Å²) in [5, 5.41) is 5.10. The van der Waals surface area contributed by atoms with Gasteiger partial charge in [-0.1, -0.05) is 181 Å². The van der Waals surface area contributed by atoms with Crippen LogP contribution in [0.4, 0.5) is 11.4 Å². The van der Waals surface area contributed by atoms with Gasteiger partial charge in [0.1, 0.15) is 0 Å².